The van der Waals surface area contributed by atoms with Crippen LogP contribution < -0.4 is 0 Å². The molecule has 1 aromatic heterocycles. The summed E-state index contributed by atoms with van der Waals surface area (Å²) in [7, 11) is 3.22. The minimum absolute atomic E-state index is 0.246. The summed E-state index contributed by atoms with van der Waals surface area (Å²) in [5, 5.41) is 16.5. The summed E-state index contributed by atoms with van der Waals surface area (Å²) in [5.41, 5.74) is 0. The molecule has 0 saturated carbocycles. The van der Waals surface area contributed by atoms with Crippen LogP contribution in [0.15, 0.2) is 29.4 Å². The summed E-state index contributed by atoms with van der Waals surface area (Å²) < 4.78 is 31.7. The zero-order valence-corrected chi connectivity index (χ0v) is 12.2. The van der Waals surface area contributed by atoms with Crippen LogP contribution in [0.1, 0.15) is 12.8 Å². The topological polar surface area (TPSA) is 87.5 Å². The van der Waals surface area contributed by atoms with E-state index in [9.17, 15) is 18.0 Å². The molecule has 0 aliphatic heterocycles. The largest absolute Gasteiger partial charge is 0.490 e. The van der Waals surface area contributed by atoms with E-state index >= 15 is 0 Å². The lowest BCUT2D eigenvalue weighted by Crippen LogP contribution is -2.21. The van der Waals surface area contributed by atoms with Crippen molar-refractivity contribution >= 4 is 33.5 Å². The van der Waals surface area contributed by atoms with Crippen molar-refractivity contribution < 1.29 is 33.0 Å². The van der Waals surface area contributed by atoms with Crippen LogP contribution in [-0.4, -0.2) is 39.1 Å². The molecule has 1 heterocycles. The van der Waals surface area contributed by atoms with Gasteiger partial charge in [-0.15, -0.1) is 0 Å². The van der Waals surface area contributed by atoms with Crippen LogP contribution in [-0.2, 0) is 9.59 Å². The number of carbonyl (C=O) groups is 2. The molecule has 0 fully saturated rings. The predicted molar refractivity (Wildman–Crippen MR) is 73.1 cm³/mol. The smallest absolute Gasteiger partial charge is 0.481 e. The molecule has 118 valence electrons. The Kier molecular flexibility index (Phi) is 9.63. The summed E-state index contributed by atoms with van der Waals surface area (Å²) in [6, 6.07) is 5.75. The van der Waals surface area contributed by atoms with Crippen molar-refractivity contribution in [2.45, 2.75) is 24.0 Å². The van der Waals surface area contributed by atoms with Crippen molar-refractivity contribution in [3.05, 3.63) is 24.4 Å². The van der Waals surface area contributed by atoms with E-state index in [1.165, 1.54) is 0 Å². The zero-order valence-electron chi connectivity index (χ0n) is 10.5. The van der Waals surface area contributed by atoms with Gasteiger partial charge in [-0.1, -0.05) is 16.9 Å². The molecule has 10 heteroatoms. The SMILES string of the molecule is O=C(O)C(F)(F)F.O=C(O)CCCSSc1ccccn1. The Morgan fingerprint density at radius 1 is 1.24 bits per heavy atom. The van der Waals surface area contributed by atoms with E-state index in [-0.39, 0.29) is 6.42 Å². The van der Waals surface area contributed by atoms with Crippen LogP contribution in [0.25, 0.3) is 0 Å². The highest BCUT2D eigenvalue weighted by molar-refractivity contribution is 8.76. The van der Waals surface area contributed by atoms with Gasteiger partial charge in [-0.05, 0) is 29.3 Å². The summed E-state index contributed by atoms with van der Waals surface area (Å²) in [6.45, 7) is 0. The second-order valence-corrected chi connectivity index (χ2v) is 5.81. The van der Waals surface area contributed by atoms with Crippen LogP contribution in [0.2, 0.25) is 0 Å². The predicted octanol–water partition coefficient (Wildman–Crippen LogP) is 3.32. The highest BCUT2D eigenvalue weighted by Gasteiger charge is 2.38. The maximum absolute atomic E-state index is 10.6. The number of alkyl halides is 3. The summed E-state index contributed by atoms with van der Waals surface area (Å²) in [5.74, 6) is -2.64. The van der Waals surface area contributed by atoms with Crippen LogP contribution in [0.5, 0.6) is 0 Å². The van der Waals surface area contributed by atoms with E-state index < -0.39 is 18.1 Å². The van der Waals surface area contributed by atoms with Gasteiger partial charge in [0.15, 0.2) is 0 Å². The lowest BCUT2D eigenvalue weighted by atomic mass is 10.3. The number of aromatic nitrogens is 1. The Bertz CT molecular complexity index is 443. The van der Waals surface area contributed by atoms with Gasteiger partial charge >= 0.3 is 18.1 Å². The molecule has 1 rings (SSSR count). The molecule has 5 nitrogen and oxygen atoms in total. The number of pyridine rings is 1. The minimum atomic E-state index is -5.08. The van der Waals surface area contributed by atoms with Crippen molar-refractivity contribution in [1.29, 1.82) is 0 Å². The average Bonchev–Trinajstić information content (AvgIpc) is 2.39. The Morgan fingerprint density at radius 3 is 2.29 bits per heavy atom. The van der Waals surface area contributed by atoms with Crippen molar-refractivity contribution in [2.75, 3.05) is 5.75 Å². The Morgan fingerprint density at radius 2 is 1.86 bits per heavy atom. The summed E-state index contributed by atoms with van der Waals surface area (Å²) in [4.78, 5) is 23.2. The summed E-state index contributed by atoms with van der Waals surface area (Å²) in [6.07, 6.45) is -2.38. The molecule has 2 N–H and O–H groups in total. The van der Waals surface area contributed by atoms with Gasteiger partial charge in [0, 0.05) is 18.4 Å². The number of hydrogen-bond acceptors (Lipinski definition) is 5. The first-order chi connectivity index (χ1) is 9.73. The molecule has 0 aromatic carbocycles. The van der Waals surface area contributed by atoms with Crippen LogP contribution in [0, 0.1) is 0 Å². The van der Waals surface area contributed by atoms with E-state index in [0.29, 0.717) is 6.42 Å². The van der Waals surface area contributed by atoms with E-state index in [4.69, 9.17) is 15.0 Å². The fourth-order valence-electron chi connectivity index (χ4n) is 0.781. The van der Waals surface area contributed by atoms with Crippen molar-refractivity contribution in [3.63, 3.8) is 0 Å². The van der Waals surface area contributed by atoms with Crippen molar-refractivity contribution in [3.8, 4) is 0 Å². The normalized spacial score (nSPS) is 10.4. The van der Waals surface area contributed by atoms with Gasteiger partial charge in [-0.25, -0.2) is 9.78 Å². The first-order valence-electron chi connectivity index (χ1n) is 5.46. The Balaban J connectivity index is 0.000000486. The second-order valence-electron chi connectivity index (χ2n) is 3.37. The molecule has 0 unspecified atom stereocenters. The minimum Gasteiger partial charge on any atom is -0.481 e. The molecule has 0 aliphatic carbocycles. The van der Waals surface area contributed by atoms with Gasteiger partial charge in [0.1, 0.15) is 5.03 Å². The molecule has 0 saturated heterocycles. The molecule has 1 aromatic rings. The number of rotatable bonds is 6. The van der Waals surface area contributed by atoms with Crippen molar-refractivity contribution in [2.24, 2.45) is 0 Å². The molecular formula is C11H12F3NO4S2. The van der Waals surface area contributed by atoms with Gasteiger partial charge in [0.2, 0.25) is 0 Å². The van der Waals surface area contributed by atoms with Crippen LogP contribution in [0.3, 0.4) is 0 Å². The number of halogens is 3. The van der Waals surface area contributed by atoms with Gasteiger partial charge in [0.05, 0.1) is 0 Å². The first-order valence-corrected chi connectivity index (χ1v) is 7.77. The fraction of sp³-hybridized carbons (Fsp3) is 0.364. The molecule has 0 spiro atoms. The maximum Gasteiger partial charge on any atom is 0.490 e. The number of carboxylic acid groups (broad SMARTS) is 2. The first kappa shape index (κ1) is 19.6. The van der Waals surface area contributed by atoms with Gasteiger partial charge in [-0.2, -0.15) is 13.2 Å². The van der Waals surface area contributed by atoms with E-state index in [1.807, 2.05) is 18.2 Å². The Labute approximate surface area is 126 Å². The van der Waals surface area contributed by atoms with Gasteiger partial charge < -0.3 is 10.2 Å². The number of carboxylic acids is 2. The van der Waals surface area contributed by atoms with E-state index in [2.05, 4.69) is 4.98 Å². The lowest BCUT2D eigenvalue weighted by molar-refractivity contribution is -0.192. The van der Waals surface area contributed by atoms with Crippen LogP contribution in [0.4, 0.5) is 13.2 Å². The summed E-state index contributed by atoms with van der Waals surface area (Å²) >= 11 is 0. The third-order valence-electron chi connectivity index (χ3n) is 1.64. The average molecular weight is 343 g/mol. The third-order valence-corrected chi connectivity index (χ3v) is 3.99. The fourth-order valence-corrected chi connectivity index (χ4v) is 2.75. The second kappa shape index (κ2) is 10.3. The quantitative estimate of drug-likeness (QED) is 0.605. The highest BCUT2D eigenvalue weighted by Crippen LogP contribution is 2.29. The maximum atomic E-state index is 10.6. The van der Waals surface area contributed by atoms with Gasteiger partial charge in [-0.3, -0.25) is 4.79 Å². The van der Waals surface area contributed by atoms with E-state index in [0.717, 1.165) is 10.8 Å². The Hall–Kier alpha value is -1.42. The molecule has 0 aliphatic rings. The highest BCUT2D eigenvalue weighted by atomic mass is 33.1. The molecule has 21 heavy (non-hydrogen) atoms. The molecule has 0 amide bonds. The zero-order chi connectivity index (χ0) is 16.3. The number of aliphatic carboxylic acids is 2. The molecule has 0 bridgehead atoms. The van der Waals surface area contributed by atoms with E-state index in [1.54, 1.807) is 27.8 Å². The van der Waals surface area contributed by atoms with Crippen LogP contribution >= 0.6 is 21.6 Å². The number of nitrogens with zero attached hydrogens (tertiary/aromatic N) is 1. The van der Waals surface area contributed by atoms with Gasteiger partial charge in [0.25, 0.3) is 0 Å². The molecular weight excluding hydrogens is 331 g/mol. The third kappa shape index (κ3) is 12.1. The molecule has 0 radical (unpaired) electrons. The molecule has 0 atom stereocenters. The lowest BCUT2D eigenvalue weighted by Gasteiger charge is -1.98. The standard InChI is InChI=1S/C9H11NO2S2.C2HF3O2/c11-9(12)5-3-7-13-14-8-4-1-2-6-10-8;3-2(4,5)1(6)7/h1-2,4,6H,3,5,7H2,(H,11,12);(H,6,7). The monoisotopic (exact) mass is 343 g/mol. The number of hydrogen-bond donors (Lipinski definition) is 2. The van der Waals surface area contributed by atoms with Crippen molar-refractivity contribution in [1.82, 2.24) is 4.98 Å².